The molecule has 2 atom stereocenters. The maximum atomic E-state index is 14.8. The molecule has 0 radical (unpaired) electrons. The van der Waals surface area contributed by atoms with E-state index >= 15 is 0 Å². The van der Waals surface area contributed by atoms with Crippen molar-refractivity contribution in [3.8, 4) is 0 Å². The lowest BCUT2D eigenvalue weighted by atomic mass is 10.0. The first-order valence-electron chi connectivity index (χ1n) is 9.82. The number of nitrogens with one attached hydrogen (secondary N) is 1. The minimum atomic E-state index is -1.24. The van der Waals surface area contributed by atoms with Crippen molar-refractivity contribution in [3.63, 3.8) is 0 Å². The van der Waals surface area contributed by atoms with Gasteiger partial charge in [-0.05, 0) is 55.7 Å². The van der Waals surface area contributed by atoms with E-state index < -0.39 is 23.9 Å². The van der Waals surface area contributed by atoms with Gasteiger partial charge in [0.15, 0.2) is 0 Å². The number of alkyl halides is 1. The molecular weight excluding hydrogens is 490 g/mol. The van der Waals surface area contributed by atoms with Gasteiger partial charge in [-0.15, -0.1) is 5.10 Å². The van der Waals surface area contributed by atoms with Crippen LogP contribution in [-0.4, -0.2) is 61.5 Å². The molecule has 0 aromatic carbocycles. The SMILES string of the molecule is CC(C)Cc1nc(I)c2cnc(N[C@@H]3CCN(C(=O)OC(C)(C)C)C[C@H]3F)nn12. The second kappa shape index (κ2) is 8.57. The van der Waals surface area contributed by atoms with Crippen LogP contribution in [0.3, 0.4) is 0 Å². The maximum absolute atomic E-state index is 14.8. The van der Waals surface area contributed by atoms with Crippen molar-refractivity contribution in [2.75, 3.05) is 18.4 Å². The van der Waals surface area contributed by atoms with Gasteiger partial charge in [-0.1, -0.05) is 13.8 Å². The number of amides is 1. The Hall–Kier alpha value is -1.72. The molecule has 1 N–H and O–H groups in total. The smallest absolute Gasteiger partial charge is 0.410 e. The van der Waals surface area contributed by atoms with E-state index in [2.05, 4.69) is 56.8 Å². The van der Waals surface area contributed by atoms with Gasteiger partial charge in [0.1, 0.15) is 26.8 Å². The van der Waals surface area contributed by atoms with E-state index in [4.69, 9.17) is 4.74 Å². The van der Waals surface area contributed by atoms with E-state index in [-0.39, 0.29) is 6.54 Å². The molecule has 29 heavy (non-hydrogen) atoms. The fraction of sp³-hybridized carbons (Fsp3) is 0.684. The molecular formula is C19H28FIN6O2. The standard InChI is InChI=1S/C19H28FIN6O2/c1-11(2)8-15-24-16(21)14-9-22-17(25-27(14)15)23-13-6-7-26(10-12(13)20)18(28)29-19(3,4)5/h9,11-13H,6-8,10H2,1-5H3,(H,23,25)/t12-,13-/m1/s1. The summed E-state index contributed by atoms with van der Waals surface area (Å²) in [6, 6.07) is -0.470. The van der Waals surface area contributed by atoms with Crippen molar-refractivity contribution in [2.24, 2.45) is 5.92 Å². The molecule has 3 rings (SSSR count). The molecule has 3 heterocycles. The van der Waals surface area contributed by atoms with Gasteiger partial charge < -0.3 is 15.0 Å². The lowest BCUT2D eigenvalue weighted by Gasteiger charge is -2.35. The number of nitrogens with zero attached hydrogens (tertiary/aromatic N) is 5. The van der Waals surface area contributed by atoms with Gasteiger partial charge in [0, 0.05) is 13.0 Å². The van der Waals surface area contributed by atoms with Crippen LogP contribution in [0, 0.1) is 9.62 Å². The summed E-state index contributed by atoms with van der Waals surface area (Å²) in [5, 5.41) is 7.63. The molecule has 2 aromatic heterocycles. The molecule has 0 unspecified atom stereocenters. The molecule has 2 aromatic rings. The number of imidazole rings is 1. The summed E-state index contributed by atoms with van der Waals surface area (Å²) < 4.78 is 22.7. The van der Waals surface area contributed by atoms with Crippen molar-refractivity contribution in [2.45, 2.75) is 65.3 Å². The average molecular weight is 518 g/mol. The molecule has 0 saturated carbocycles. The second-order valence-corrected chi connectivity index (χ2v) is 9.80. The Morgan fingerprint density at radius 3 is 2.79 bits per heavy atom. The molecule has 0 spiro atoms. The number of piperidine rings is 1. The number of aromatic nitrogens is 4. The fourth-order valence-electron chi connectivity index (χ4n) is 3.20. The van der Waals surface area contributed by atoms with E-state index in [0.29, 0.717) is 24.8 Å². The topological polar surface area (TPSA) is 84.7 Å². The zero-order valence-electron chi connectivity index (χ0n) is 17.4. The number of ether oxygens (including phenoxy) is 1. The number of hydrogen-bond acceptors (Lipinski definition) is 6. The number of carbonyl (C=O) groups excluding carboxylic acids is 1. The van der Waals surface area contributed by atoms with Crippen LogP contribution in [0.2, 0.25) is 0 Å². The van der Waals surface area contributed by atoms with E-state index in [9.17, 15) is 9.18 Å². The molecule has 1 aliphatic heterocycles. The summed E-state index contributed by atoms with van der Waals surface area (Å²) in [4.78, 5) is 22.5. The van der Waals surface area contributed by atoms with Crippen LogP contribution in [0.4, 0.5) is 15.1 Å². The lowest BCUT2D eigenvalue weighted by Crippen LogP contribution is -2.51. The molecule has 1 fully saturated rings. The van der Waals surface area contributed by atoms with Crippen LogP contribution >= 0.6 is 22.6 Å². The van der Waals surface area contributed by atoms with Gasteiger partial charge in [0.2, 0.25) is 5.95 Å². The van der Waals surface area contributed by atoms with E-state index in [0.717, 1.165) is 21.5 Å². The number of halogens is 2. The average Bonchev–Trinajstić information content (AvgIpc) is 2.90. The van der Waals surface area contributed by atoms with Crippen molar-refractivity contribution < 1.29 is 13.9 Å². The molecule has 10 heteroatoms. The van der Waals surface area contributed by atoms with Crippen molar-refractivity contribution >= 4 is 40.1 Å². The highest BCUT2D eigenvalue weighted by molar-refractivity contribution is 14.1. The number of hydrogen-bond donors (Lipinski definition) is 1. The molecule has 160 valence electrons. The Morgan fingerprint density at radius 2 is 2.17 bits per heavy atom. The first-order chi connectivity index (χ1) is 13.5. The molecule has 1 aliphatic rings. The monoisotopic (exact) mass is 518 g/mol. The highest BCUT2D eigenvalue weighted by atomic mass is 127. The Morgan fingerprint density at radius 1 is 1.45 bits per heavy atom. The maximum Gasteiger partial charge on any atom is 0.410 e. The molecule has 1 amide bonds. The van der Waals surface area contributed by atoms with E-state index in [1.807, 2.05) is 0 Å². The van der Waals surface area contributed by atoms with Crippen LogP contribution in [0.25, 0.3) is 5.52 Å². The second-order valence-electron chi connectivity index (χ2n) is 8.78. The third-order valence-corrected chi connectivity index (χ3v) is 5.31. The predicted octanol–water partition coefficient (Wildman–Crippen LogP) is 3.69. The number of fused-ring (bicyclic) bond motifs is 1. The van der Waals surface area contributed by atoms with Crippen molar-refractivity contribution in [1.82, 2.24) is 24.5 Å². The minimum absolute atomic E-state index is 0.0175. The summed E-state index contributed by atoms with van der Waals surface area (Å²) in [6.45, 7) is 10.0. The van der Waals surface area contributed by atoms with Crippen LogP contribution in [0.5, 0.6) is 0 Å². The normalized spacial score (nSPS) is 20.3. The molecule has 8 nitrogen and oxygen atoms in total. The van der Waals surface area contributed by atoms with Gasteiger partial charge in [0.05, 0.1) is 18.8 Å². The lowest BCUT2D eigenvalue weighted by molar-refractivity contribution is 0.0125. The number of carbonyl (C=O) groups is 1. The molecule has 0 aliphatic carbocycles. The zero-order chi connectivity index (χ0) is 21.3. The van der Waals surface area contributed by atoms with Crippen molar-refractivity contribution in [3.05, 3.63) is 15.7 Å². The molecule has 1 saturated heterocycles. The predicted molar refractivity (Wildman–Crippen MR) is 117 cm³/mol. The highest BCUT2D eigenvalue weighted by Crippen LogP contribution is 2.21. The van der Waals surface area contributed by atoms with Gasteiger partial charge in [0.25, 0.3) is 0 Å². The van der Waals surface area contributed by atoms with Crippen LogP contribution in [0.1, 0.15) is 46.9 Å². The van der Waals surface area contributed by atoms with Crippen LogP contribution < -0.4 is 5.32 Å². The summed E-state index contributed by atoms with van der Waals surface area (Å²) in [7, 11) is 0. The Bertz CT molecular complexity index is 881. The zero-order valence-corrected chi connectivity index (χ0v) is 19.6. The fourth-order valence-corrected chi connectivity index (χ4v) is 3.84. The Balaban J connectivity index is 1.69. The highest BCUT2D eigenvalue weighted by Gasteiger charge is 2.34. The van der Waals surface area contributed by atoms with Crippen molar-refractivity contribution in [1.29, 1.82) is 0 Å². The van der Waals surface area contributed by atoms with E-state index in [1.165, 1.54) is 4.90 Å². The van der Waals surface area contributed by atoms with Gasteiger partial charge in [-0.2, -0.15) is 0 Å². The van der Waals surface area contributed by atoms with Gasteiger partial charge in [-0.3, -0.25) is 0 Å². The number of likely N-dealkylation sites (tertiary alicyclic amines) is 1. The van der Waals surface area contributed by atoms with Gasteiger partial charge in [-0.25, -0.2) is 23.7 Å². The number of rotatable bonds is 4. The van der Waals surface area contributed by atoms with E-state index in [1.54, 1.807) is 31.5 Å². The first kappa shape index (κ1) is 22.0. The Kier molecular flexibility index (Phi) is 6.49. The number of anilines is 1. The quantitative estimate of drug-likeness (QED) is 0.622. The third-order valence-electron chi connectivity index (χ3n) is 4.51. The minimum Gasteiger partial charge on any atom is -0.444 e. The third kappa shape index (κ3) is 5.46. The summed E-state index contributed by atoms with van der Waals surface area (Å²) in [5.41, 5.74) is 0.236. The summed E-state index contributed by atoms with van der Waals surface area (Å²) in [6.07, 6.45) is 1.22. The summed E-state index contributed by atoms with van der Waals surface area (Å²) in [5.74, 6) is 1.66. The molecule has 0 bridgehead atoms. The van der Waals surface area contributed by atoms with Crippen LogP contribution in [-0.2, 0) is 11.2 Å². The van der Waals surface area contributed by atoms with Gasteiger partial charge >= 0.3 is 6.09 Å². The largest absolute Gasteiger partial charge is 0.444 e. The van der Waals surface area contributed by atoms with Crippen LogP contribution in [0.15, 0.2) is 6.20 Å². The Labute approximate surface area is 183 Å². The first-order valence-corrected chi connectivity index (χ1v) is 10.9. The summed E-state index contributed by atoms with van der Waals surface area (Å²) >= 11 is 2.17.